The highest BCUT2D eigenvalue weighted by Gasteiger charge is 2.38. The van der Waals surface area contributed by atoms with Crippen LogP contribution in [0.5, 0.6) is 11.5 Å². The van der Waals surface area contributed by atoms with Crippen LogP contribution >= 0.6 is 0 Å². The zero-order valence-electron chi connectivity index (χ0n) is 9.03. The summed E-state index contributed by atoms with van der Waals surface area (Å²) in [6.07, 6.45) is 0.566. The molecule has 2 heterocycles. The van der Waals surface area contributed by atoms with Crippen molar-refractivity contribution in [3.05, 3.63) is 23.8 Å². The van der Waals surface area contributed by atoms with E-state index in [-0.39, 0.29) is 17.9 Å². The number of rotatable bonds is 1. The fourth-order valence-electron chi connectivity index (χ4n) is 2.41. The second kappa shape index (κ2) is 3.40. The quantitative estimate of drug-likeness (QED) is 0.773. The zero-order valence-corrected chi connectivity index (χ0v) is 9.03. The Labute approximate surface area is 93.5 Å². The molecule has 2 aliphatic heterocycles. The van der Waals surface area contributed by atoms with Crippen molar-refractivity contribution in [3.63, 3.8) is 0 Å². The lowest BCUT2D eigenvalue weighted by Gasteiger charge is -2.28. The first-order valence-corrected chi connectivity index (χ1v) is 5.38. The van der Waals surface area contributed by atoms with E-state index in [1.54, 1.807) is 7.11 Å². The molecule has 3 rings (SSSR count). The molecular formula is C12H13NO3. The summed E-state index contributed by atoms with van der Waals surface area (Å²) in [5.41, 5.74) is 1.06. The van der Waals surface area contributed by atoms with Gasteiger partial charge in [0, 0.05) is 24.0 Å². The van der Waals surface area contributed by atoms with E-state index >= 15 is 0 Å². The maximum atomic E-state index is 11.4. The van der Waals surface area contributed by atoms with E-state index in [9.17, 15) is 4.79 Å². The molecule has 2 aliphatic rings. The van der Waals surface area contributed by atoms with Gasteiger partial charge >= 0.3 is 0 Å². The molecule has 1 aromatic carbocycles. The molecule has 84 valence electrons. The molecule has 1 saturated heterocycles. The van der Waals surface area contributed by atoms with Crippen LogP contribution in [-0.2, 0) is 4.79 Å². The third-order valence-corrected chi connectivity index (χ3v) is 3.24. The molecule has 1 amide bonds. The number of nitrogens with one attached hydrogen (secondary N) is 1. The molecule has 0 aliphatic carbocycles. The Bertz CT molecular complexity index is 444. The highest BCUT2D eigenvalue weighted by molar-refractivity contribution is 5.79. The van der Waals surface area contributed by atoms with E-state index < -0.39 is 0 Å². The Morgan fingerprint density at radius 3 is 3.19 bits per heavy atom. The van der Waals surface area contributed by atoms with Crippen molar-refractivity contribution in [1.82, 2.24) is 5.32 Å². The fourth-order valence-corrected chi connectivity index (χ4v) is 2.41. The van der Waals surface area contributed by atoms with Gasteiger partial charge in [-0.15, -0.1) is 0 Å². The van der Waals surface area contributed by atoms with Gasteiger partial charge in [-0.2, -0.15) is 0 Å². The minimum atomic E-state index is 0.113. The average molecular weight is 219 g/mol. The van der Waals surface area contributed by atoms with Crippen LogP contribution in [-0.4, -0.2) is 19.6 Å². The molecular weight excluding hydrogens is 206 g/mol. The van der Waals surface area contributed by atoms with E-state index in [0.29, 0.717) is 13.0 Å². The summed E-state index contributed by atoms with van der Waals surface area (Å²) in [6, 6.07) is 5.85. The first-order chi connectivity index (χ1) is 7.78. The third kappa shape index (κ3) is 1.33. The van der Waals surface area contributed by atoms with Crippen LogP contribution in [0, 0.1) is 5.92 Å². The van der Waals surface area contributed by atoms with Gasteiger partial charge in [-0.1, -0.05) is 0 Å². The number of amides is 1. The minimum Gasteiger partial charge on any atom is -0.497 e. The van der Waals surface area contributed by atoms with Crippen molar-refractivity contribution < 1.29 is 14.3 Å². The predicted octanol–water partition coefficient (Wildman–Crippen LogP) is 1.26. The molecule has 0 radical (unpaired) electrons. The number of carbonyl (C=O) groups excluding carboxylic acids is 1. The lowest BCUT2D eigenvalue weighted by molar-refractivity contribution is -0.119. The van der Waals surface area contributed by atoms with Gasteiger partial charge in [0.25, 0.3) is 0 Å². The normalized spacial score (nSPS) is 26.4. The molecule has 0 unspecified atom stereocenters. The Morgan fingerprint density at radius 2 is 2.38 bits per heavy atom. The molecule has 1 fully saturated rings. The number of hydrogen-bond donors (Lipinski definition) is 1. The van der Waals surface area contributed by atoms with Crippen LogP contribution in [0.15, 0.2) is 18.2 Å². The second-order valence-corrected chi connectivity index (χ2v) is 4.22. The van der Waals surface area contributed by atoms with Crippen LogP contribution in [0.2, 0.25) is 0 Å². The second-order valence-electron chi connectivity index (χ2n) is 4.22. The summed E-state index contributed by atoms with van der Waals surface area (Å²) >= 11 is 0. The smallest absolute Gasteiger partial charge is 0.220 e. The lowest BCUT2D eigenvalue weighted by Crippen LogP contribution is -2.27. The van der Waals surface area contributed by atoms with E-state index in [4.69, 9.17) is 9.47 Å². The largest absolute Gasteiger partial charge is 0.497 e. The molecule has 0 saturated carbocycles. The number of ether oxygens (including phenoxy) is 2. The topological polar surface area (TPSA) is 47.6 Å². The van der Waals surface area contributed by atoms with Crippen molar-refractivity contribution in [3.8, 4) is 11.5 Å². The molecule has 1 aromatic rings. The highest BCUT2D eigenvalue weighted by Crippen LogP contribution is 2.41. The van der Waals surface area contributed by atoms with Crippen LogP contribution in [0.1, 0.15) is 18.0 Å². The van der Waals surface area contributed by atoms with Crippen LogP contribution < -0.4 is 14.8 Å². The SMILES string of the molecule is COc1ccc2c(c1)OC[C@@H]1CC(=O)N[C@H]21. The highest BCUT2D eigenvalue weighted by atomic mass is 16.5. The maximum Gasteiger partial charge on any atom is 0.220 e. The number of methoxy groups -OCH3 is 1. The zero-order chi connectivity index (χ0) is 11.1. The predicted molar refractivity (Wildman–Crippen MR) is 57.5 cm³/mol. The summed E-state index contributed by atoms with van der Waals surface area (Å²) in [5.74, 6) is 1.99. The van der Waals surface area contributed by atoms with Crippen molar-refractivity contribution in [1.29, 1.82) is 0 Å². The molecule has 0 bridgehead atoms. The van der Waals surface area contributed by atoms with Crippen LogP contribution in [0.25, 0.3) is 0 Å². The molecule has 4 heteroatoms. The summed E-state index contributed by atoms with van der Waals surface area (Å²) in [4.78, 5) is 11.4. The molecule has 4 nitrogen and oxygen atoms in total. The first kappa shape index (κ1) is 9.51. The van der Waals surface area contributed by atoms with Gasteiger partial charge in [0.1, 0.15) is 11.5 Å². The summed E-state index contributed by atoms with van der Waals surface area (Å²) < 4.78 is 10.8. The number of benzene rings is 1. The monoisotopic (exact) mass is 219 g/mol. The maximum absolute atomic E-state index is 11.4. The number of carbonyl (C=O) groups is 1. The van der Waals surface area contributed by atoms with Gasteiger partial charge in [-0.05, 0) is 12.1 Å². The third-order valence-electron chi connectivity index (χ3n) is 3.24. The van der Waals surface area contributed by atoms with Crippen molar-refractivity contribution in [2.24, 2.45) is 5.92 Å². The number of hydrogen-bond acceptors (Lipinski definition) is 3. The van der Waals surface area contributed by atoms with Crippen molar-refractivity contribution in [2.45, 2.75) is 12.5 Å². The van der Waals surface area contributed by atoms with E-state index in [1.807, 2.05) is 18.2 Å². The van der Waals surface area contributed by atoms with E-state index in [0.717, 1.165) is 17.1 Å². The molecule has 16 heavy (non-hydrogen) atoms. The Morgan fingerprint density at radius 1 is 1.50 bits per heavy atom. The van der Waals surface area contributed by atoms with Crippen LogP contribution in [0.3, 0.4) is 0 Å². The van der Waals surface area contributed by atoms with Crippen molar-refractivity contribution >= 4 is 5.91 Å². The fraction of sp³-hybridized carbons (Fsp3) is 0.417. The van der Waals surface area contributed by atoms with Gasteiger partial charge < -0.3 is 14.8 Å². The Kier molecular flexibility index (Phi) is 2.02. The molecule has 1 N–H and O–H groups in total. The summed E-state index contributed by atoms with van der Waals surface area (Å²) in [5, 5.41) is 2.99. The molecule has 0 spiro atoms. The first-order valence-electron chi connectivity index (χ1n) is 5.38. The summed E-state index contributed by atoms with van der Waals surface area (Å²) in [6.45, 7) is 0.601. The lowest BCUT2D eigenvalue weighted by atomic mass is 9.92. The van der Waals surface area contributed by atoms with Gasteiger partial charge in [0.15, 0.2) is 0 Å². The minimum absolute atomic E-state index is 0.113. The van der Waals surface area contributed by atoms with Gasteiger partial charge in [0.2, 0.25) is 5.91 Å². The van der Waals surface area contributed by atoms with E-state index in [1.165, 1.54) is 0 Å². The molecule has 2 atom stereocenters. The van der Waals surface area contributed by atoms with Gasteiger partial charge in [0.05, 0.1) is 19.8 Å². The van der Waals surface area contributed by atoms with Crippen LogP contribution in [0.4, 0.5) is 0 Å². The average Bonchev–Trinajstić information content (AvgIpc) is 2.69. The summed E-state index contributed by atoms with van der Waals surface area (Å²) in [7, 11) is 1.63. The van der Waals surface area contributed by atoms with E-state index in [2.05, 4.69) is 5.32 Å². The number of fused-ring (bicyclic) bond motifs is 3. The van der Waals surface area contributed by atoms with Gasteiger partial charge in [-0.25, -0.2) is 0 Å². The molecule has 0 aromatic heterocycles. The Balaban J connectivity index is 2.00. The van der Waals surface area contributed by atoms with Crippen molar-refractivity contribution in [2.75, 3.05) is 13.7 Å². The standard InChI is InChI=1S/C12H13NO3/c1-15-8-2-3-9-10(5-8)16-6-7-4-11(14)13-12(7)9/h2-3,5,7,12H,4,6H2,1H3,(H,13,14)/t7-,12-/m0/s1. The Hall–Kier alpha value is -1.71. The van der Waals surface area contributed by atoms with Gasteiger partial charge in [-0.3, -0.25) is 4.79 Å².